The lowest BCUT2D eigenvalue weighted by atomic mass is 10.2. The van der Waals surface area contributed by atoms with Crippen molar-refractivity contribution in [3.63, 3.8) is 0 Å². The van der Waals surface area contributed by atoms with Crippen LogP contribution in [0.5, 0.6) is 5.75 Å². The number of hydrogen-bond donors (Lipinski definition) is 1. The quantitative estimate of drug-likeness (QED) is 0.663. The molecule has 0 bridgehead atoms. The Hall–Kier alpha value is -2.66. The lowest BCUT2D eigenvalue weighted by Gasteiger charge is -2.08. The molecule has 0 atom stereocenters. The van der Waals surface area contributed by atoms with Crippen LogP contribution in [0, 0.1) is 19.7 Å². The molecule has 1 heterocycles. The summed E-state index contributed by atoms with van der Waals surface area (Å²) in [5, 5.41) is 2.92. The minimum absolute atomic E-state index is 0.0638. The summed E-state index contributed by atoms with van der Waals surface area (Å²) in [5.74, 6) is 0.324. The van der Waals surface area contributed by atoms with E-state index in [1.807, 2.05) is 44.2 Å². The molecule has 2 aromatic carbocycles. The van der Waals surface area contributed by atoms with E-state index in [0.29, 0.717) is 17.9 Å². The van der Waals surface area contributed by atoms with E-state index in [4.69, 9.17) is 4.74 Å². The second-order valence-corrected chi connectivity index (χ2v) is 7.31. The van der Waals surface area contributed by atoms with Crippen molar-refractivity contribution in [1.82, 2.24) is 5.32 Å². The van der Waals surface area contributed by atoms with E-state index in [-0.39, 0.29) is 18.3 Å². The zero-order chi connectivity index (χ0) is 18.5. The highest BCUT2D eigenvalue weighted by molar-refractivity contribution is 7.14. The minimum Gasteiger partial charge on any atom is -0.489 e. The second-order valence-electron chi connectivity index (χ2n) is 6.06. The lowest BCUT2D eigenvalue weighted by molar-refractivity contribution is 0.0955. The third kappa shape index (κ3) is 4.49. The fraction of sp³-hybridized carbons (Fsp3) is 0.190. The first-order valence-electron chi connectivity index (χ1n) is 8.33. The van der Waals surface area contributed by atoms with Crippen molar-refractivity contribution in [2.24, 2.45) is 0 Å². The van der Waals surface area contributed by atoms with Gasteiger partial charge in [0.05, 0.1) is 4.88 Å². The predicted octanol–water partition coefficient (Wildman–Crippen LogP) is 5.01. The van der Waals surface area contributed by atoms with Crippen LogP contribution in [-0.4, -0.2) is 5.91 Å². The third-order valence-corrected chi connectivity index (χ3v) is 5.27. The Morgan fingerprint density at radius 1 is 1.12 bits per heavy atom. The number of aryl methyl sites for hydroxylation is 2. The average molecular weight is 369 g/mol. The third-order valence-electron chi connectivity index (χ3n) is 4.12. The van der Waals surface area contributed by atoms with Gasteiger partial charge in [-0.3, -0.25) is 4.79 Å². The second kappa shape index (κ2) is 8.15. The number of benzene rings is 2. The van der Waals surface area contributed by atoms with Crippen molar-refractivity contribution in [1.29, 1.82) is 0 Å². The number of thiophene rings is 1. The van der Waals surface area contributed by atoms with E-state index < -0.39 is 0 Å². The molecule has 3 nitrogen and oxygen atoms in total. The summed E-state index contributed by atoms with van der Waals surface area (Å²) in [6.45, 7) is 4.64. The number of carbonyl (C=O) groups excluding carboxylic acids is 1. The molecule has 0 spiro atoms. The number of rotatable bonds is 6. The van der Waals surface area contributed by atoms with Crippen LogP contribution in [0.4, 0.5) is 4.39 Å². The van der Waals surface area contributed by atoms with Gasteiger partial charge in [0, 0.05) is 17.0 Å². The molecule has 0 aliphatic heterocycles. The summed E-state index contributed by atoms with van der Waals surface area (Å²) in [6.07, 6.45) is 0. The Kier molecular flexibility index (Phi) is 5.68. The van der Waals surface area contributed by atoms with E-state index in [9.17, 15) is 9.18 Å². The molecule has 26 heavy (non-hydrogen) atoms. The molecule has 1 amide bonds. The highest BCUT2D eigenvalue weighted by Crippen LogP contribution is 2.20. The molecule has 5 heteroatoms. The smallest absolute Gasteiger partial charge is 0.261 e. The first kappa shape index (κ1) is 18.1. The maximum atomic E-state index is 13.6. The van der Waals surface area contributed by atoms with E-state index >= 15 is 0 Å². The fourth-order valence-corrected chi connectivity index (χ4v) is 3.38. The molecule has 3 aromatic rings. The van der Waals surface area contributed by atoms with Gasteiger partial charge in [-0.25, -0.2) is 4.39 Å². The van der Waals surface area contributed by atoms with Gasteiger partial charge in [0.15, 0.2) is 0 Å². The maximum absolute atomic E-state index is 13.6. The molecule has 0 unspecified atom stereocenters. The van der Waals surface area contributed by atoms with Gasteiger partial charge in [-0.15, -0.1) is 11.3 Å². The Morgan fingerprint density at radius 2 is 1.85 bits per heavy atom. The van der Waals surface area contributed by atoms with Crippen LogP contribution >= 0.6 is 11.3 Å². The Balaban J connectivity index is 1.53. The number of halogens is 1. The van der Waals surface area contributed by atoms with E-state index in [0.717, 1.165) is 20.9 Å². The van der Waals surface area contributed by atoms with Crippen LogP contribution in [0.2, 0.25) is 0 Å². The SMILES string of the molecule is Cc1cc(C(=O)NCc2ccc(OCc3ccccc3F)cc2)sc1C. The summed E-state index contributed by atoms with van der Waals surface area (Å²) in [6, 6.07) is 15.9. The number of carbonyl (C=O) groups is 1. The van der Waals surface area contributed by atoms with Gasteiger partial charge in [-0.05, 0) is 49.2 Å². The lowest BCUT2D eigenvalue weighted by Crippen LogP contribution is -2.21. The molecular weight excluding hydrogens is 349 g/mol. The number of ether oxygens (including phenoxy) is 1. The predicted molar refractivity (Wildman–Crippen MR) is 102 cm³/mol. The molecule has 0 saturated heterocycles. The van der Waals surface area contributed by atoms with Gasteiger partial charge in [0.2, 0.25) is 0 Å². The molecule has 0 fully saturated rings. The van der Waals surface area contributed by atoms with Crippen molar-refractivity contribution in [2.75, 3.05) is 0 Å². The van der Waals surface area contributed by atoms with Crippen molar-refractivity contribution < 1.29 is 13.9 Å². The van der Waals surface area contributed by atoms with E-state index in [2.05, 4.69) is 5.32 Å². The van der Waals surface area contributed by atoms with Gasteiger partial charge in [0.1, 0.15) is 18.2 Å². The highest BCUT2D eigenvalue weighted by atomic mass is 32.1. The summed E-state index contributed by atoms with van der Waals surface area (Å²) in [5.41, 5.74) is 2.63. The van der Waals surface area contributed by atoms with Crippen molar-refractivity contribution in [3.05, 3.63) is 86.9 Å². The summed E-state index contributed by atoms with van der Waals surface area (Å²) < 4.78 is 19.2. The van der Waals surface area contributed by atoms with Gasteiger partial charge in [0.25, 0.3) is 5.91 Å². The zero-order valence-corrected chi connectivity index (χ0v) is 15.5. The molecular formula is C21H20FNO2S. The summed E-state index contributed by atoms with van der Waals surface area (Å²) in [7, 11) is 0. The Bertz CT molecular complexity index is 883. The summed E-state index contributed by atoms with van der Waals surface area (Å²) >= 11 is 1.50. The van der Waals surface area contributed by atoms with Gasteiger partial charge >= 0.3 is 0 Å². The van der Waals surface area contributed by atoms with Gasteiger partial charge < -0.3 is 10.1 Å². The first-order chi connectivity index (χ1) is 12.5. The molecule has 0 aliphatic rings. The molecule has 1 aromatic heterocycles. The van der Waals surface area contributed by atoms with Gasteiger partial charge in [-0.1, -0.05) is 30.3 Å². The first-order valence-corrected chi connectivity index (χ1v) is 9.15. The zero-order valence-electron chi connectivity index (χ0n) is 14.7. The fourth-order valence-electron chi connectivity index (χ4n) is 2.43. The maximum Gasteiger partial charge on any atom is 0.261 e. The normalized spacial score (nSPS) is 10.6. The number of nitrogens with one attached hydrogen (secondary N) is 1. The van der Waals surface area contributed by atoms with Crippen LogP contribution < -0.4 is 10.1 Å². The molecule has 3 rings (SSSR count). The van der Waals surface area contributed by atoms with Crippen molar-refractivity contribution >= 4 is 17.2 Å². The molecule has 0 radical (unpaired) electrons. The molecule has 1 N–H and O–H groups in total. The Morgan fingerprint density at radius 3 is 2.50 bits per heavy atom. The standard InChI is InChI=1S/C21H20FNO2S/c1-14-11-20(26-15(14)2)21(24)23-12-16-7-9-18(10-8-16)25-13-17-5-3-4-6-19(17)22/h3-11H,12-13H2,1-2H3,(H,23,24). The van der Waals surface area contributed by atoms with E-state index in [1.54, 1.807) is 18.2 Å². The molecule has 0 saturated carbocycles. The van der Waals surface area contributed by atoms with Crippen LogP contribution in [0.3, 0.4) is 0 Å². The largest absolute Gasteiger partial charge is 0.489 e. The number of amides is 1. The average Bonchev–Trinajstić information content (AvgIpc) is 2.99. The van der Waals surface area contributed by atoms with Crippen LogP contribution in [0.25, 0.3) is 0 Å². The van der Waals surface area contributed by atoms with E-state index in [1.165, 1.54) is 17.4 Å². The van der Waals surface area contributed by atoms with Crippen LogP contribution in [-0.2, 0) is 13.2 Å². The van der Waals surface area contributed by atoms with Crippen molar-refractivity contribution in [2.45, 2.75) is 27.0 Å². The summed E-state index contributed by atoms with van der Waals surface area (Å²) in [4.78, 5) is 14.1. The number of hydrogen-bond acceptors (Lipinski definition) is 3. The van der Waals surface area contributed by atoms with Gasteiger partial charge in [-0.2, -0.15) is 0 Å². The highest BCUT2D eigenvalue weighted by Gasteiger charge is 2.10. The topological polar surface area (TPSA) is 38.3 Å². The van der Waals surface area contributed by atoms with Crippen LogP contribution in [0.1, 0.15) is 31.2 Å². The Labute approximate surface area is 156 Å². The molecule has 0 aliphatic carbocycles. The van der Waals surface area contributed by atoms with Crippen LogP contribution in [0.15, 0.2) is 54.6 Å². The molecule has 134 valence electrons. The minimum atomic E-state index is -0.272. The monoisotopic (exact) mass is 369 g/mol. The van der Waals surface area contributed by atoms with Crippen molar-refractivity contribution in [3.8, 4) is 5.75 Å².